The molecule has 0 aliphatic heterocycles. The Morgan fingerprint density at radius 2 is 1.88 bits per heavy atom. The van der Waals surface area contributed by atoms with Crippen molar-refractivity contribution < 1.29 is 4.79 Å². The van der Waals surface area contributed by atoms with E-state index in [1.807, 2.05) is 39.7 Å². The Morgan fingerprint density at radius 3 is 2.59 bits per heavy atom. The molecule has 0 bridgehead atoms. The number of pyridine rings is 1. The lowest BCUT2D eigenvalue weighted by Crippen LogP contribution is -2.19. The first-order valence-corrected chi connectivity index (χ1v) is 11.2. The molecule has 1 unspecified atom stereocenters. The van der Waals surface area contributed by atoms with Gasteiger partial charge in [0.05, 0.1) is 35.1 Å². The maximum Gasteiger partial charge on any atom is 0.257 e. The molecule has 4 aromatic rings. The maximum atomic E-state index is 13.5. The molecule has 0 spiro atoms. The van der Waals surface area contributed by atoms with E-state index >= 15 is 0 Å². The number of fused-ring (bicyclic) bond motifs is 1. The van der Waals surface area contributed by atoms with Gasteiger partial charge in [-0.1, -0.05) is 24.3 Å². The Labute approximate surface area is 187 Å². The van der Waals surface area contributed by atoms with E-state index in [9.17, 15) is 4.79 Å². The number of carbonyl (C=O) groups excluding carboxylic acids is 1. The van der Waals surface area contributed by atoms with Gasteiger partial charge < -0.3 is 5.32 Å². The molecule has 7 nitrogen and oxygen atoms in total. The van der Waals surface area contributed by atoms with Gasteiger partial charge in [-0.2, -0.15) is 10.2 Å². The zero-order valence-corrected chi connectivity index (χ0v) is 18.9. The van der Waals surface area contributed by atoms with E-state index in [1.54, 1.807) is 12.4 Å². The highest BCUT2D eigenvalue weighted by molar-refractivity contribution is 6.12. The maximum absolute atomic E-state index is 13.5. The smallest absolute Gasteiger partial charge is 0.257 e. The van der Waals surface area contributed by atoms with E-state index in [1.165, 1.54) is 12.8 Å². The molecule has 7 heteroatoms. The molecule has 1 amide bonds. The van der Waals surface area contributed by atoms with Crippen molar-refractivity contribution >= 4 is 22.8 Å². The number of aryl methyl sites for hydroxylation is 1. The number of hydrogen-bond donors (Lipinski definition) is 1. The van der Waals surface area contributed by atoms with Gasteiger partial charge in [-0.05, 0) is 58.1 Å². The quantitative estimate of drug-likeness (QED) is 0.446. The lowest BCUT2D eigenvalue weighted by atomic mass is 10.0. The molecule has 1 aliphatic carbocycles. The summed E-state index contributed by atoms with van der Waals surface area (Å²) in [5.74, 6) is 1.17. The van der Waals surface area contributed by atoms with E-state index in [-0.39, 0.29) is 18.0 Å². The fourth-order valence-electron chi connectivity index (χ4n) is 4.28. The summed E-state index contributed by atoms with van der Waals surface area (Å²) in [6.07, 6.45) is 5.91. The third-order valence-electron chi connectivity index (χ3n) is 6.32. The molecule has 1 atom stereocenters. The third-order valence-corrected chi connectivity index (χ3v) is 6.32. The summed E-state index contributed by atoms with van der Waals surface area (Å²) in [7, 11) is 0. The van der Waals surface area contributed by atoms with Crippen molar-refractivity contribution in [3.8, 4) is 11.3 Å². The van der Waals surface area contributed by atoms with Gasteiger partial charge in [0.2, 0.25) is 0 Å². The van der Waals surface area contributed by atoms with Crippen LogP contribution in [0, 0.1) is 12.8 Å². The van der Waals surface area contributed by atoms with Crippen molar-refractivity contribution in [1.29, 1.82) is 0 Å². The highest BCUT2D eigenvalue weighted by Crippen LogP contribution is 2.40. The molecule has 0 saturated heterocycles. The predicted molar refractivity (Wildman–Crippen MR) is 126 cm³/mol. The molecule has 1 N–H and O–H groups in total. The summed E-state index contributed by atoms with van der Waals surface area (Å²) in [5.41, 5.74) is 4.16. The van der Waals surface area contributed by atoms with Gasteiger partial charge in [0.15, 0.2) is 5.65 Å². The Morgan fingerprint density at radius 1 is 1.09 bits per heavy atom. The highest BCUT2D eigenvalue weighted by atomic mass is 16.1. The number of anilines is 1. The number of carbonyl (C=O) groups is 1. The molecule has 164 valence electrons. The summed E-state index contributed by atoms with van der Waals surface area (Å²) < 4.78 is 3.79. The molecule has 1 saturated carbocycles. The first-order valence-electron chi connectivity index (χ1n) is 11.2. The van der Waals surface area contributed by atoms with E-state index < -0.39 is 0 Å². The number of nitrogens with zero attached hydrogens (tertiary/aromatic N) is 5. The predicted octanol–water partition coefficient (Wildman–Crippen LogP) is 5.41. The number of hydrogen-bond acceptors (Lipinski definition) is 4. The van der Waals surface area contributed by atoms with E-state index in [0.717, 1.165) is 22.2 Å². The van der Waals surface area contributed by atoms with Crippen molar-refractivity contribution in [2.45, 2.75) is 52.6 Å². The molecule has 1 aliphatic rings. The van der Waals surface area contributed by atoms with Gasteiger partial charge in [-0.15, -0.1) is 0 Å². The zero-order chi connectivity index (χ0) is 22.4. The second-order valence-corrected chi connectivity index (χ2v) is 8.98. The van der Waals surface area contributed by atoms with Crippen LogP contribution in [0.5, 0.6) is 0 Å². The summed E-state index contributed by atoms with van der Waals surface area (Å²) in [4.78, 5) is 18.4. The first-order chi connectivity index (χ1) is 15.4. The summed E-state index contributed by atoms with van der Waals surface area (Å²) >= 11 is 0. The standard InChI is InChI=1S/C25H28N6O/c1-15(2)30-24-21(14-27-30)20(13-22(28-24)19-8-6-5-7-16(19)3)25(32)29-23-11-12-26-31(23)17(4)18-9-10-18/h5-8,11-15,17-18H,9-10H2,1-4H3,(H,29,32). The van der Waals surface area contributed by atoms with Crippen LogP contribution < -0.4 is 5.32 Å². The minimum Gasteiger partial charge on any atom is -0.307 e. The van der Waals surface area contributed by atoms with E-state index in [0.29, 0.717) is 22.9 Å². The summed E-state index contributed by atoms with van der Waals surface area (Å²) in [5, 5.41) is 12.8. The van der Waals surface area contributed by atoms with Crippen molar-refractivity contribution in [2.24, 2.45) is 5.92 Å². The van der Waals surface area contributed by atoms with Crippen LogP contribution in [0.3, 0.4) is 0 Å². The van der Waals surface area contributed by atoms with Crippen LogP contribution >= 0.6 is 0 Å². The highest BCUT2D eigenvalue weighted by Gasteiger charge is 2.31. The molecule has 3 aromatic heterocycles. The second-order valence-electron chi connectivity index (χ2n) is 8.98. The van der Waals surface area contributed by atoms with Crippen LogP contribution in [0.25, 0.3) is 22.3 Å². The van der Waals surface area contributed by atoms with Crippen molar-refractivity contribution in [2.75, 3.05) is 5.32 Å². The Balaban J connectivity index is 1.59. The number of nitrogens with one attached hydrogen (secondary N) is 1. The van der Waals surface area contributed by atoms with Gasteiger partial charge in [0.25, 0.3) is 5.91 Å². The van der Waals surface area contributed by atoms with Gasteiger partial charge in [0.1, 0.15) is 5.82 Å². The minimum atomic E-state index is -0.180. The summed E-state index contributed by atoms with van der Waals surface area (Å²) in [6.45, 7) is 8.34. The molecular weight excluding hydrogens is 400 g/mol. The monoisotopic (exact) mass is 428 g/mol. The molecule has 1 fully saturated rings. The van der Waals surface area contributed by atoms with E-state index in [4.69, 9.17) is 4.98 Å². The molecule has 0 radical (unpaired) electrons. The van der Waals surface area contributed by atoms with Crippen molar-refractivity contribution in [3.05, 3.63) is 59.9 Å². The lowest BCUT2D eigenvalue weighted by Gasteiger charge is -2.16. The van der Waals surface area contributed by atoms with Crippen LogP contribution in [0.2, 0.25) is 0 Å². The molecule has 3 heterocycles. The van der Waals surface area contributed by atoms with E-state index in [2.05, 4.69) is 49.3 Å². The van der Waals surface area contributed by atoms with Crippen LogP contribution in [-0.2, 0) is 0 Å². The fraction of sp³-hybridized carbons (Fsp3) is 0.360. The minimum absolute atomic E-state index is 0.129. The third kappa shape index (κ3) is 3.57. The first kappa shape index (κ1) is 20.4. The van der Waals surface area contributed by atoms with Gasteiger partial charge in [0, 0.05) is 17.7 Å². The normalized spacial score (nSPS) is 14.8. The number of aromatic nitrogens is 5. The molecule has 1 aromatic carbocycles. The van der Waals surface area contributed by atoms with Crippen LogP contribution in [0.15, 0.2) is 48.8 Å². The number of benzene rings is 1. The average molecular weight is 429 g/mol. The summed E-state index contributed by atoms with van der Waals surface area (Å²) in [6, 6.07) is 12.2. The average Bonchev–Trinajstić information content (AvgIpc) is 3.37. The Bertz CT molecular complexity index is 1300. The van der Waals surface area contributed by atoms with Crippen LogP contribution in [0.1, 0.15) is 61.6 Å². The zero-order valence-electron chi connectivity index (χ0n) is 18.9. The number of rotatable bonds is 6. The topological polar surface area (TPSA) is 77.6 Å². The largest absolute Gasteiger partial charge is 0.307 e. The van der Waals surface area contributed by atoms with Gasteiger partial charge in [-0.3, -0.25) is 4.79 Å². The second kappa shape index (κ2) is 7.89. The van der Waals surface area contributed by atoms with Crippen LogP contribution in [-0.4, -0.2) is 30.5 Å². The molecule has 5 rings (SSSR count). The van der Waals surface area contributed by atoms with Gasteiger partial charge in [-0.25, -0.2) is 14.3 Å². The lowest BCUT2D eigenvalue weighted by molar-refractivity contribution is 0.102. The van der Waals surface area contributed by atoms with Crippen LogP contribution in [0.4, 0.5) is 5.82 Å². The number of amides is 1. The molecular formula is C25H28N6O. The Kier molecular flexibility index (Phi) is 5.04. The Hall–Kier alpha value is -3.48. The van der Waals surface area contributed by atoms with Crippen molar-refractivity contribution in [1.82, 2.24) is 24.5 Å². The fourth-order valence-corrected chi connectivity index (χ4v) is 4.28. The van der Waals surface area contributed by atoms with Crippen molar-refractivity contribution in [3.63, 3.8) is 0 Å². The van der Waals surface area contributed by atoms with Gasteiger partial charge >= 0.3 is 0 Å². The SMILES string of the molecule is Cc1ccccc1-c1cc(C(=O)Nc2ccnn2C(C)C2CC2)c2cnn(C(C)C)c2n1. The molecule has 32 heavy (non-hydrogen) atoms.